The summed E-state index contributed by atoms with van der Waals surface area (Å²) in [5, 5.41) is 0. The fourth-order valence-electron chi connectivity index (χ4n) is 6.28. The van der Waals surface area contributed by atoms with Crippen molar-refractivity contribution in [1.29, 1.82) is 0 Å². The Kier molecular flexibility index (Phi) is 5.00. The first kappa shape index (κ1) is 20.1. The molecule has 4 rings (SSSR count). The zero-order valence-corrected chi connectivity index (χ0v) is 17.6. The Balaban J connectivity index is 1.70. The van der Waals surface area contributed by atoms with Gasteiger partial charge in [-0.3, -0.25) is 14.4 Å². The van der Waals surface area contributed by atoms with E-state index in [0.717, 1.165) is 44.0 Å². The van der Waals surface area contributed by atoms with Crippen molar-refractivity contribution in [3.05, 3.63) is 46.8 Å². The van der Waals surface area contributed by atoms with Gasteiger partial charge in [0, 0.05) is 11.8 Å². The van der Waals surface area contributed by atoms with Crippen LogP contribution in [-0.2, 0) is 19.1 Å². The first-order valence-electron chi connectivity index (χ1n) is 10.9. The van der Waals surface area contributed by atoms with Crippen LogP contribution in [0.15, 0.2) is 46.8 Å². The second kappa shape index (κ2) is 7.23. The summed E-state index contributed by atoms with van der Waals surface area (Å²) in [6, 6.07) is 0. The van der Waals surface area contributed by atoms with Gasteiger partial charge in [-0.1, -0.05) is 37.1 Å². The van der Waals surface area contributed by atoms with Gasteiger partial charge in [-0.15, -0.1) is 0 Å². The molecule has 4 aliphatic carbocycles. The molecule has 0 saturated heterocycles. The van der Waals surface area contributed by atoms with E-state index in [1.54, 1.807) is 6.08 Å². The van der Waals surface area contributed by atoms with Gasteiger partial charge in [-0.05, 0) is 80.4 Å². The number of rotatable bonds is 4. The van der Waals surface area contributed by atoms with E-state index in [1.165, 1.54) is 11.1 Å². The zero-order valence-electron chi connectivity index (χ0n) is 17.6. The Hall–Kier alpha value is -2.23. The third kappa shape index (κ3) is 3.08. The summed E-state index contributed by atoms with van der Waals surface area (Å²) >= 11 is 0. The molecule has 154 valence electrons. The van der Waals surface area contributed by atoms with E-state index >= 15 is 0 Å². The second-order valence-corrected chi connectivity index (χ2v) is 9.36. The van der Waals surface area contributed by atoms with Crippen molar-refractivity contribution in [1.82, 2.24) is 0 Å². The molecular formula is C25H30O4. The Labute approximate surface area is 172 Å². The number of carbonyl (C=O) groups excluding carboxylic acids is 3. The smallest absolute Gasteiger partial charge is 0.311 e. The Morgan fingerprint density at radius 2 is 2.07 bits per heavy atom. The molecule has 0 bridgehead atoms. The van der Waals surface area contributed by atoms with Gasteiger partial charge in [-0.25, -0.2) is 0 Å². The molecule has 0 radical (unpaired) electrons. The van der Waals surface area contributed by atoms with E-state index in [2.05, 4.69) is 26.0 Å². The molecule has 2 fully saturated rings. The Bertz CT molecular complexity index is 886. The SMILES string of the molecule is CCCC(=O)OC(C=O)=C1CC[C@H]2[C@@H]3CCC4=CC(=O)C=C[C@]4(C)C3=CC[C@]12C. The summed E-state index contributed by atoms with van der Waals surface area (Å²) in [4.78, 5) is 35.7. The van der Waals surface area contributed by atoms with Gasteiger partial charge in [0.2, 0.25) is 0 Å². The fraction of sp³-hybridized carbons (Fsp3) is 0.560. The van der Waals surface area contributed by atoms with Crippen molar-refractivity contribution in [2.24, 2.45) is 22.7 Å². The molecule has 2 saturated carbocycles. The Morgan fingerprint density at radius 3 is 2.79 bits per heavy atom. The summed E-state index contributed by atoms with van der Waals surface area (Å²) in [6.07, 6.45) is 14.3. The molecule has 4 heteroatoms. The normalized spacial score (nSPS) is 37.0. The number of aldehydes is 1. The fourth-order valence-corrected chi connectivity index (χ4v) is 6.28. The molecule has 0 amide bonds. The van der Waals surface area contributed by atoms with Gasteiger partial charge < -0.3 is 4.74 Å². The van der Waals surface area contributed by atoms with Crippen LogP contribution in [0, 0.1) is 22.7 Å². The summed E-state index contributed by atoms with van der Waals surface area (Å²) in [7, 11) is 0. The molecule has 4 nitrogen and oxygen atoms in total. The highest BCUT2D eigenvalue weighted by atomic mass is 16.5. The minimum atomic E-state index is -0.321. The minimum Gasteiger partial charge on any atom is -0.423 e. The highest BCUT2D eigenvalue weighted by Crippen LogP contribution is 2.64. The quantitative estimate of drug-likeness (QED) is 0.221. The molecule has 0 aromatic carbocycles. The number of carbonyl (C=O) groups is 3. The molecule has 4 aliphatic rings. The van der Waals surface area contributed by atoms with Crippen LogP contribution >= 0.6 is 0 Å². The molecule has 0 spiro atoms. The lowest BCUT2D eigenvalue weighted by Crippen LogP contribution is -2.42. The molecule has 29 heavy (non-hydrogen) atoms. The lowest BCUT2D eigenvalue weighted by atomic mass is 9.53. The van der Waals surface area contributed by atoms with E-state index in [0.29, 0.717) is 24.7 Å². The standard InChI is InChI=1S/C25H30O4/c1-4-5-23(28)29-22(15-26)21-9-8-19-18-7-6-16-14-17(27)10-12-24(16,2)20(18)11-13-25(19,21)3/h10-12,14-15,18-19H,4-9,13H2,1-3H3/t18-,19-,24-,25-/m0/s1. The molecule has 0 heterocycles. The number of esters is 1. The van der Waals surface area contributed by atoms with Crippen LogP contribution in [-0.4, -0.2) is 18.0 Å². The largest absolute Gasteiger partial charge is 0.423 e. The maximum Gasteiger partial charge on any atom is 0.311 e. The van der Waals surface area contributed by atoms with Crippen molar-refractivity contribution in [2.75, 3.05) is 0 Å². The first-order chi connectivity index (χ1) is 13.8. The van der Waals surface area contributed by atoms with Gasteiger partial charge in [0.05, 0.1) is 0 Å². The van der Waals surface area contributed by atoms with E-state index in [9.17, 15) is 14.4 Å². The molecule has 0 aromatic heterocycles. The number of ether oxygens (including phenoxy) is 1. The van der Waals surface area contributed by atoms with Crippen molar-refractivity contribution in [3.8, 4) is 0 Å². The van der Waals surface area contributed by atoms with E-state index < -0.39 is 0 Å². The molecule has 4 atom stereocenters. The van der Waals surface area contributed by atoms with Gasteiger partial charge in [0.15, 0.2) is 17.8 Å². The van der Waals surface area contributed by atoms with Gasteiger partial charge in [0.1, 0.15) is 0 Å². The maximum atomic E-state index is 12.0. The highest BCUT2D eigenvalue weighted by molar-refractivity contribution is 6.01. The predicted molar refractivity (Wildman–Crippen MR) is 111 cm³/mol. The van der Waals surface area contributed by atoms with Crippen LogP contribution in [0.3, 0.4) is 0 Å². The number of hydrogen-bond donors (Lipinski definition) is 0. The monoisotopic (exact) mass is 394 g/mol. The number of allylic oxidation sites excluding steroid dienone is 8. The van der Waals surface area contributed by atoms with Crippen molar-refractivity contribution in [2.45, 2.75) is 65.7 Å². The maximum absolute atomic E-state index is 12.0. The third-order valence-electron chi connectivity index (χ3n) is 7.82. The first-order valence-corrected chi connectivity index (χ1v) is 10.9. The zero-order chi connectivity index (χ0) is 20.8. The summed E-state index contributed by atoms with van der Waals surface area (Å²) in [5.74, 6) is 0.884. The molecule has 0 N–H and O–H groups in total. The molecule has 0 unspecified atom stereocenters. The topological polar surface area (TPSA) is 60.4 Å². The van der Waals surface area contributed by atoms with Crippen LogP contribution in [0.2, 0.25) is 0 Å². The van der Waals surface area contributed by atoms with Crippen molar-refractivity contribution >= 4 is 18.0 Å². The van der Waals surface area contributed by atoms with Crippen LogP contribution in [0.1, 0.15) is 65.7 Å². The van der Waals surface area contributed by atoms with E-state index in [1.807, 2.05) is 13.0 Å². The average Bonchev–Trinajstić information content (AvgIpc) is 3.04. The third-order valence-corrected chi connectivity index (χ3v) is 7.82. The van der Waals surface area contributed by atoms with Crippen LogP contribution in [0.4, 0.5) is 0 Å². The van der Waals surface area contributed by atoms with Gasteiger partial charge >= 0.3 is 5.97 Å². The second-order valence-electron chi connectivity index (χ2n) is 9.36. The van der Waals surface area contributed by atoms with E-state index in [-0.39, 0.29) is 28.3 Å². The molecular weight excluding hydrogens is 364 g/mol. The summed E-state index contributed by atoms with van der Waals surface area (Å²) in [5.41, 5.74) is 3.36. The van der Waals surface area contributed by atoms with Crippen molar-refractivity contribution in [3.63, 3.8) is 0 Å². The van der Waals surface area contributed by atoms with Gasteiger partial charge in [-0.2, -0.15) is 0 Å². The van der Waals surface area contributed by atoms with Crippen LogP contribution in [0.5, 0.6) is 0 Å². The number of hydrogen-bond acceptors (Lipinski definition) is 4. The lowest BCUT2D eigenvalue weighted by Gasteiger charge is -2.51. The highest BCUT2D eigenvalue weighted by Gasteiger charge is 2.54. The average molecular weight is 395 g/mol. The summed E-state index contributed by atoms with van der Waals surface area (Å²) < 4.78 is 5.49. The Morgan fingerprint density at radius 1 is 1.28 bits per heavy atom. The lowest BCUT2D eigenvalue weighted by molar-refractivity contribution is -0.141. The number of ketones is 1. The van der Waals surface area contributed by atoms with Crippen LogP contribution < -0.4 is 0 Å². The van der Waals surface area contributed by atoms with Crippen LogP contribution in [0.25, 0.3) is 0 Å². The number of fused-ring (bicyclic) bond motifs is 5. The van der Waals surface area contributed by atoms with Gasteiger partial charge in [0.25, 0.3) is 0 Å². The predicted octanol–water partition coefficient (Wildman–Crippen LogP) is 5.01. The van der Waals surface area contributed by atoms with E-state index in [4.69, 9.17) is 4.74 Å². The molecule has 0 aliphatic heterocycles. The molecule has 0 aromatic rings. The summed E-state index contributed by atoms with van der Waals surface area (Å²) in [6.45, 7) is 6.39. The minimum absolute atomic E-state index is 0.0905. The van der Waals surface area contributed by atoms with Crippen molar-refractivity contribution < 1.29 is 19.1 Å².